The maximum Gasteiger partial charge on any atom is 0.293 e. The first kappa shape index (κ1) is 18.6. The van der Waals surface area contributed by atoms with Gasteiger partial charge >= 0.3 is 0 Å². The normalized spacial score (nSPS) is 24.5. The van der Waals surface area contributed by atoms with Gasteiger partial charge in [0, 0.05) is 12.6 Å². The molecule has 8 nitrogen and oxygen atoms in total. The number of benzene rings is 1. The maximum absolute atomic E-state index is 12.7. The molecular formula is C14H20FN3O5S. The second-order valence-electron chi connectivity index (χ2n) is 6.16. The molecule has 4 N–H and O–H groups in total. The zero-order chi connectivity index (χ0) is 18.0. The van der Waals surface area contributed by atoms with Crippen molar-refractivity contribution < 1.29 is 22.8 Å². The Bertz CT molecular complexity index is 717. The molecule has 1 aromatic carbocycles. The highest BCUT2D eigenvalue weighted by Crippen LogP contribution is 2.33. The highest BCUT2D eigenvalue weighted by Gasteiger charge is 2.33. The summed E-state index contributed by atoms with van der Waals surface area (Å²) in [5.41, 5.74) is -1.43. The third-order valence-electron chi connectivity index (χ3n) is 4.36. The van der Waals surface area contributed by atoms with Crippen molar-refractivity contribution in [2.45, 2.75) is 36.2 Å². The number of hydrogen-bond acceptors (Lipinski definition) is 6. The van der Waals surface area contributed by atoms with Crippen LogP contribution in [0.5, 0.6) is 0 Å². The molecule has 0 radical (unpaired) electrons. The molecule has 0 saturated heterocycles. The predicted molar refractivity (Wildman–Crippen MR) is 85.8 cm³/mol. The van der Waals surface area contributed by atoms with Gasteiger partial charge < -0.3 is 10.4 Å². The fourth-order valence-electron chi connectivity index (χ4n) is 2.80. The van der Waals surface area contributed by atoms with Crippen LogP contribution in [0.25, 0.3) is 0 Å². The van der Waals surface area contributed by atoms with Crippen molar-refractivity contribution in [2.24, 2.45) is 11.1 Å². The summed E-state index contributed by atoms with van der Waals surface area (Å²) in [5.74, 6) is 0.148. The smallest absolute Gasteiger partial charge is 0.293 e. The number of primary sulfonamides is 1. The zero-order valence-electron chi connectivity index (χ0n) is 12.9. The Hall–Kier alpha value is -1.78. The number of halogens is 1. The lowest BCUT2D eigenvalue weighted by molar-refractivity contribution is -0.384. The molecule has 0 spiro atoms. The van der Waals surface area contributed by atoms with Crippen molar-refractivity contribution in [3.8, 4) is 0 Å². The van der Waals surface area contributed by atoms with E-state index in [-0.39, 0.29) is 22.2 Å². The molecule has 0 unspecified atom stereocenters. The molecule has 0 bridgehead atoms. The van der Waals surface area contributed by atoms with E-state index in [1.54, 1.807) is 0 Å². The lowest BCUT2D eigenvalue weighted by Gasteiger charge is -2.34. The van der Waals surface area contributed by atoms with E-state index < -0.39 is 27.2 Å². The number of alkyl halides is 1. The lowest BCUT2D eigenvalue weighted by atomic mass is 9.79. The third-order valence-corrected chi connectivity index (χ3v) is 5.27. The molecule has 0 heterocycles. The van der Waals surface area contributed by atoms with E-state index in [0.29, 0.717) is 32.2 Å². The van der Waals surface area contributed by atoms with Crippen LogP contribution in [0, 0.1) is 16.0 Å². The Morgan fingerprint density at radius 3 is 2.54 bits per heavy atom. The quantitative estimate of drug-likeness (QED) is 0.519. The molecule has 0 amide bonds. The van der Waals surface area contributed by atoms with E-state index in [4.69, 9.17) is 5.14 Å². The first-order valence-electron chi connectivity index (χ1n) is 7.48. The van der Waals surface area contributed by atoms with Crippen molar-refractivity contribution in [3.05, 3.63) is 28.3 Å². The molecule has 1 aliphatic rings. The van der Waals surface area contributed by atoms with Crippen LogP contribution in [0.4, 0.5) is 15.8 Å². The minimum atomic E-state index is -4.02. The average Bonchev–Trinajstić information content (AvgIpc) is 2.53. The third kappa shape index (κ3) is 4.40. The van der Waals surface area contributed by atoms with Gasteiger partial charge in [-0.25, -0.2) is 17.9 Å². The van der Waals surface area contributed by atoms with Gasteiger partial charge in [-0.15, -0.1) is 0 Å². The van der Waals surface area contributed by atoms with Gasteiger partial charge in [0.15, 0.2) is 0 Å². The number of hydrogen-bond donors (Lipinski definition) is 3. The summed E-state index contributed by atoms with van der Waals surface area (Å²) in [6, 6.07) is 3.42. The van der Waals surface area contributed by atoms with Gasteiger partial charge in [-0.1, -0.05) is 0 Å². The van der Waals surface area contributed by atoms with Crippen molar-refractivity contribution in [1.82, 2.24) is 0 Å². The lowest BCUT2D eigenvalue weighted by Crippen LogP contribution is -2.37. The summed E-state index contributed by atoms with van der Waals surface area (Å²) in [4.78, 5) is 10.1. The average molecular weight is 361 g/mol. The Kier molecular flexibility index (Phi) is 5.41. The SMILES string of the molecule is NS(=O)(=O)c1ccc(NCC2CCC(O)(CF)CC2)c([N+](=O)[O-])c1. The highest BCUT2D eigenvalue weighted by atomic mass is 32.2. The van der Waals surface area contributed by atoms with Crippen molar-refractivity contribution >= 4 is 21.4 Å². The van der Waals surface area contributed by atoms with E-state index >= 15 is 0 Å². The van der Waals surface area contributed by atoms with Crippen LogP contribution in [0.1, 0.15) is 25.7 Å². The fourth-order valence-corrected chi connectivity index (χ4v) is 3.33. The first-order valence-corrected chi connectivity index (χ1v) is 9.03. The van der Waals surface area contributed by atoms with Crippen LogP contribution >= 0.6 is 0 Å². The molecule has 1 saturated carbocycles. The van der Waals surface area contributed by atoms with Gasteiger partial charge in [-0.2, -0.15) is 0 Å². The molecular weight excluding hydrogens is 341 g/mol. The number of anilines is 1. The van der Waals surface area contributed by atoms with E-state index in [2.05, 4.69) is 5.32 Å². The number of sulfonamides is 1. The van der Waals surface area contributed by atoms with Gasteiger partial charge in [0.05, 0.1) is 15.4 Å². The van der Waals surface area contributed by atoms with Crippen LogP contribution in [-0.2, 0) is 10.0 Å². The summed E-state index contributed by atoms with van der Waals surface area (Å²) < 4.78 is 35.3. The number of aliphatic hydroxyl groups is 1. The minimum absolute atomic E-state index is 0.148. The second-order valence-corrected chi connectivity index (χ2v) is 7.72. The van der Waals surface area contributed by atoms with Crippen LogP contribution in [0.3, 0.4) is 0 Å². The number of nitro groups is 1. The van der Waals surface area contributed by atoms with E-state index in [9.17, 15) is 28.0 Å². The summed E-state index contributed by atoms with van der Waals surface area (Å²) in [7, 11) is -4.02. The molecule has 1 aliphatic carbocycles. The Labute approximate surface area is 139 Å². The molecule has 134 valence electrons. The monoisotopic (exact) mass is 361 g/mol. The zero-order valence-corrected chi connectivity index (χ0v) is 13.8. The molecule has 24 heavy (non-hydrogen) atoms. The number of nitrogens with zero attached hydrogens (tertiary/aromatic N) is 1. The predicted octanol–water partition coefficient (Wildman–Crippen LogP) is 1.54. The molecule has 0 aliphatic heterocycles. The van der Waals surface area contributed by atoms with Crippen LogP contribution in [-0.4, -0.2) is 37.3 Å². The van der Waals surface area contributed by atoms with Crippen molar-refractivity contribution in [1.29, 1.82) is 0 Å². The second kappa shape index (κ2) is 6.99. The topological polar surface area (TPSA) is 136 Å². The fraction of sp³-hybridized carbons (Fsp3) is 0.571. The summed E-state index contributed by atoms with van der Waals surface area (Å²) in [5, 5.41) is 28.9. The van der Waals surface area contributed by atoms with Crippen LogP contribution < -0.4 is 10.5 Å². The first-order chi connectivity index (χ1) is 11.1. The molecule has 2 rings (SSSR count). The van der Waals surface area contributed by atoms with E-state index in [1.807, 2.05) is 0 Å². The maximum atomic E-state index is 12.7. The van der Waals surface area contributed by atoms with Crippen LogP contribution in [0.15, 0.2) is 23.1 Å². The largest absolute Gasteiger partial charge is 0.387 e. The summed E-state index contributed by atoms with van der Waals surface area (Å²) in [6.07, 6.45) is 1.91. The van der Waals surface area contributed by atoms with Crippen LogP contribution in [0.2, 0.25) is 0 Å². The highest BCUT2D eigenvalue weighted by molar-refractivity contribution is 7.89. The van der Waals surface area contributed by atoms with E-state index in [1.165, 1.54) is 12.1 Å². The summed E-state index contributed by atoms with van der Waals surface area (Å²) >= 11 is 0. The minimum Gasteiger partial charge on any atom is -0.387 e. The summed E-state index contributed by atoms with van der Waals surface area (Å²) in [6.45, 7) is -0.356. The Morgan fingerprint density at radius 2 is 2.04 bits per heavy atom. The number of rotatable bonds is 6. The molecule has 1 aromatic rings. The van der Waals surface area contributed by atoms with Gasteiger partial charge in [0.1, 0.15) is 12.4 Å². The number of nitrogens with one attached hydrogen (secondary N) is 1. The molecule has 1 fully saturated rings. The van der Waals surface area contributed by atoms with Crippen molar-refractivity contribution in [3.63, 3.8) is 0 Å². The standard InChI is InChI=1S/C14H20FN3O5S/c15-9-14(19)5-3-10(4-6-14)8-17-12-2-1-11(24(16,22)23)7-13(12)18(20)21/h1-2,7,10,17,19H,3-6,8-9H2,(H2,16,22,23). The molecule has 0 aromatic heterocycles. The van der Waals surface area contributed by atoms with E-state index in [0.717, 1.165) is 6.07 Å². The Morgan fingerprint density at radius 1 is 1.42 bits per heavy atom. The van der Waals surface area contributed by atoms with Gasteiger partial charge in [0.2, 0.25) is 10.0 Å². The van der Waals surface area contributed by atoms with Gasteiger partial charge in [-0.05, 0) is 43.7 Å². The molecule has 10 heteroatoms. The van der Waals surface area contributed by atoms with Gasteiger partial charge in [0.25, 0.3) is 5.69 Å². The Balaban J connectivity index is 2.06. The number of nitro benzene ring substituents is 1. The molecule has 0 atom stereocenters. The number of nitrogens with two attached hydrogens (primary N) is 1. The van der Waals surface area contributed by atoms with Crippen molar-refractivity contribution in [2.75, 3.05) is 18.5 Å². The van der Waals surface area contributed by atoms with Gasteiger partial charge in [-0.3, -0.25) is 10.1 Å².